The molecule has 3 heterocycles. The Morgan fingerprint density at radius 2 is 1.62 bits per heavy atom. The van der Waals surface area contributed by atoms with E-state index in [1.165, 1.54) is 11.3 Å². The lowest BCUT2D eigenvalue weighted by molar-refractivity contribution is -0.139. The highest BCUT2D eigenvalue weighted by molar-refractivity contribution is 7.17. The van der Waals surface area contributed by atoms with E-state index in [-0.39, 0.29) is 12.5 Å². The van der Waals surface area contributed by atoms with Crippen LogP contribution >= 0.6 is 11.3 Å². The van der Waals surface area contributed by atoms with Gasteiger partial charge in [0.05, 0.1) is 5.69 Å². The maximum absolute atomic E-state index is 13.1. The molecule has 194 valence electrons. The number of benzene rings is 1. The second-order valence-electron chi connectivity index (χ2n) is 8.99. The maximum Gasteiger partial charge on any atom is 0.328 e. The van der Waals surface area contributed by atoms with Gasteiger partial charge in [0.25, 0.3) is 11.8 Å². The first-order chi connectivity index (χ1) is 17.8. The molecule has 11 heteroatoms. The molecular formula is C26H30N6O4S. The average molecular weight is 523 g/mol. The van der Waals surface area contributed by atoms with Crippen LogP contribution in [0.5, 0.6) is 0 Å². The number of anilines is 2. The number of aromatic nitrogens is 2. The number of pyridine rings is 1. The van der Waals surface area contributed by atoms with Gasteiger partial charge >= 0.3 is 5.97 Å². The number of piperazine rings is 1. The van der Waals surface area contributed by atoms with Gasteiger partial charge in [0.1, 0.15) is 10.9 Å². The van der Waals surface area contributed by atoms with Gasteiger partial charge in [0.2, 0.25) is 0 Å². The van der Waals surface area contributed by atoms with Gasteiger partial charge in [0.15, 0.2) is 5.13 Å². The van der Waals surface area contributed by atoms with E-state index in [1.807, 2.05) is 26.0 Å². The lowest BCUT2D eigenvalue weighted by Gasteiger charge is -2.35. The molecule has 3 N–H and O–H groups in total. The zero-order chi connectivity index (χ0) is 26.4. The van der Waals surface area contributed by atoms with Gasteiger partial charge in [-0.05, 0) is 30.2 Å². The second kappa shape index (κ2) is 11.8. The fourth-order valence-corrected chi connectivity index (χ4v) is 5.22. The molecule has 0 radical (unpaired) electrons. The first-order valence-corrected chi connectivity index (χ1v) is 12.9. The van der Waals surface area contributed by atoms with Crippen LogP contribution in [0.15, 0.2) is 54.9 Å². The molecule has 3 aromatic rings. The molecule has 4 rings (SSSR count). The minimum absolute atomic E-state index is 0.0110. The molecule has 1 atom stereocenters. The van der Waals surface area contributed by atoms with Crippen molar-refractivity contribution in [3.8, 4) is 0 Å². The van der Waals surface area contributed by atoms with Crippen LogP contribution in [0.1, 0.15) is 45.5 Å². The quantitative estimate of drug-likeness (QED) is 0.391. The predicted octanol–water partition coefficient (Wildman–Crippen LogP) is 2.60. The Balaban J connectivity index is 1.40. The molecule has 0 spiro atoms. The average Bonchev–Trinajstić information content (AvgIpc) is 3.38. The molecule has 2 amide bonds. The van der Waals surface area contributed by atoms with Crippen molar-refractivity contribution in [1.29, 1.82) is 0 Å². The number of nitrogens with zero attached hydrogens (tertiary/aromatic N) is 4. The van der Waals surface area contributed by atoms with E-state index in [4.69, 9.17) is 4.98 Å². The lowest BCUT2D eigenvalue weighted by Crippen LogP contribution is -2.48. The van der Waals surface area contributed by atoms with E-state index >= 15 is 0 Å². The Kier molecular flexibility index (Phi) is 8.34. The number of carbonyl (C=O) groups is 3. The summed E-state index contributed by atoms with van der Waals surface area (Å²) in [5.41, 5.74) is 2.15. The number of nitrogens with one attached hydrogen (secondary N) is 2. The first kappa shape index (κ1) is 26.1. The Morgan fingerprint density at radius 1 is 0.973 bits per heavy atom. The minimum atomic E-state index is -1.27. The molecule has 10 nitrogen and oxygen atoms in total. The van der Waals surface area contributed by atoms with Gasteiger partial charge in [0, 0.05) is 56.4 Å². The second-order valence-corrected chi connectivity index (χ2v) is 9.96. The van der Waals surface area contributed by atoms with Gasteiger partial charge in [-0.1, -0.05) is 43.4 Å². The van der Waals surface area contributed by atoms with E-state index in [1.54, 1.807) is 42.7 Å². The number of rotatable bonds is 9. The first-order valence-electron chi connectivity index (χ1n) is 12.1. The number of carboxylic acids is 1. The van der Waals surface area contributed by atoms with E-state index < -0.39 is 23.8 Å². The van der Waals surface area contributed by atoms with E-state index in [0.717, 1.165) is 37.0 Å². The number of hydrogen-bond donors (Lipinski definition) is 3. The normalized spacial score (nSPS) is 14.4. The Hall–Kier alpha value is -3.99. The summed E-state index contributed by atoms with van der Waals surface area (Å²) in [5, 5.41) is 15.5. The van der Waals surface area contributed by atoms with Gasteiger partial charge in [-0.2, -0.15) is 0 Å². The van der Waals surface area contributed by atoms with E-state index in [0.29, 0.717) is 16.1 Å². The van der Waals surface area contributed by atoms with Crippen LogP contribution in [0.4, 0.5) is 10.8 Å². The fraction of sp³-hybridized carbons (Fsp3) is 0.346. The molecule has 0 saturated carbocycles. The molecule has 1 fully saturated rings. The van der Waals surface area contributed by atoms with Crippen molar-refractivity contribution in [3.05, 3.63) is 71.0 Å². The molecule has 0 bridgehead atoms. The third-order valence-corrected chi connectivity index (χ3v) is 7.21. The van der Waals surface area contributed by atoms with Gasteiger partial charge in [-0.15, -0.1) is 0 Å². The van der Waals surface area contributed by atoms with Crippen molar-refractivity contribution < 1.29 is 19.5 Å². The highest BCUT2D eigenvalue weighted by atomic mass is 32.1. The summed E-state index contributed by atoms with van der Waals surface area (Å²) in [6.07, 6.45) is 3.56. The van der Waals surface area contributed by atoms with Gasteiger partial charge in [-0.25, -0.2) is 9.78 Å². The Bertz CT molecular complexity index is 1230. The van der Waals surface area contributed by atoms with Crippen LogP contribution in [-0.4, -0.2) is 71.6 Å². The standard InChI is InChI=1S/C26H30N6O4S/c1-17(2)21-22(24(34)28-16-20(25(35)36)29-23(33)18-6-4-3-5-7-18)37-26(30-21)32-14-12-31(13-15-32)19-8-10-27-11-9-19/h3-11,17,20H,12-16H2,1-2H3,(H,28,34)(H,29,33)(H,35,36)/t20-/m0/s1. The summed E-state index contributed by atoms with van der Waals surface area (Å²) in [6.45, 7) is 6.87. The number of thiazole rings is 1. The summed E-state index contributed by atoms with van der Waals surface area (Å²) in [6, 6.07) is 11.1. The molecule has 1 aliphatic heterocycles. The monoisotopic (exact) mass is 522 g/mol. The zero-order valence-corrected chi connectivity index (χ0v) is 21.6. The van der Waals surface area contributed by atoms with Crippen LogP contribution in [0.3, 0.4) is 0 Å². The van der Waals surface area contributed by atoms with Crippen molar-refractivity contribution in [2.75, 3.05) is 42.5 Å². The third-order valence-electron chi connectivity index (χ3n) is 6.08. The lowest BCUT2D eigenvalue weighted by atomic mass is 10.1. The number of carboxylic acid groups (broad SMARTS) is 1. The molecule has 0 aliphatic carbocycles. The molecular weight excluding hydrogens is 492 g/mol. The summed E-state index contributed by atoms with van der Waals surface area (Å²) in [5.74, 6) is -2.14. The predicted molar refractivity (Wildman–Crippen MR) is 143 cm³/mol. The molecule has 37 heavy (non-hydrogen) atoms. The topological polar surface area (TPSA) is 128 Å². The summed E-state index contributed by atoms with van der Waals surface area (Å²) in [4.78, 5) is 51.0. The highest BCUT2D eigenvalue weighted by Crippen LogP contribution is 2.31. The van der Waals surface area contributed by atoms with Crippen LogP contribution in [0, 0.1) is 0 Å². The van der Waals surface area contributed by atoms with Crippen LogP contribution in [-0.2, 0) is 4.79 Å². The van der Waals surface area contributed by atoms with Crippen molar-refractivity contribution in [2.24, 2.45) is 0 Å². The minimum Gasteiger partial charge on any atom is -0.480 e. The van der Waals surface area contributed by atoms with E-state index in [9.17, 15) is 19.5 Å². The van der Waals surface area contributed by atoms with E-state index in [2.05, 4.69) is 25.4 Å². The molecule has 2 aromatic heterocycles. The number of amides is 2. The largest absolute Gasteiger partial charge is 0.480 e. The van der Waals surface area contributed by atoms with Gasteiger partial charge < -0.3 is 25.5 Å². The SMILES string of the molecule is CC(C)c1nc(N2CCN(c3ccncc3)CC2)sc1C(=O)NC[C@H](NC(=O)c1ccccc1)C(=O)O. The Morgan fingerprint density at radius 3 is 2.24 bits per heavy atom. The van der Waals surface area contributed by atoms with Crippen molar-refractivity contribution in [1.82, 2.24) is 20.6 Å². The maximum atomic E-state index is 13.1. The molecule has 1 aliphatic rings. The van der Waals surface area contributed by atoms with Crippen molar-refractivity contribution in [2.45, 2.75) is 25.8 Å². The number of carbonyl (C=O) groups excluding carboxylic acids is 2. The summed E-state index contributed by atoms with van der Waals surface area (Å²) in [7, 11) is 0. The number of aliphatic carboxylic acids is 1. The van der Waals surface area contributed by atoms with Crippen molar-refractivity contribution >= 4 is 39.9 Å². The molecule has 1 saturated heterocycles. The number of hydrogen-bond acceptors (Lipinski definition) is 8. The highest BCUT2D eigenvalue weighted by Gasteiger charge is 2.27. The summed E-state index contributed by atoms with van der Waals surface area (Å²) >= 11 is 1.31. The molecule has 1 aromatic carbocycles. The third kappa shape index (κ3) is 6.42. The fourth-order valence-electron chi connectivity index (χ4n) is 4.03. The van der Waals surface area contributed by atoms with Crippen LogP contribution in [0.25, 0.3) is 0 Å². The summed E-state index contributed by atoms with van der Waals surface area (Å²) < 4.78 is 0. The van der Waals surface area contributed by atoms with Crippen LogP contribution in [0.2, 0.25) is 0 Å². The van der Waals surface area contributed by atoms with Crippen molar-refractivity contribution in [3.63, 3.8) is 0 Å². The van der Waals surface area contributed by atoms with Crippen LogP contribution < -0.4 is 20.4 Å². The van der Waals surface area contributed by atoms with Gasteiger partial charge in [-0.3, -0.25) is 14.6 Å². The molecule has 0 unspecified atom stereocenters. The zero-order valence-electron chi connectivity index (χ0n) is 20.8. The Labute approximate surface area is 219 Å². The smallest absolute Gasteiger partial charge is 0.328 e.